The zero-order valence-electron chi connectivity index (χ0n) is 18.3. The SMILES string of the molecule is CCCCOC1CC(NC(=NC)N2CCC(CN3CCOCC3)C2)C1(C)C.I. The van der Waals surface area contributed by atoms with Gasteiger partial charge in [-0.1, -0.05) is 27.2 Å². The minimum absolute atomic E-state index is 0. The molecular formula is C21H41IN4O2. The lowest BCUT2D eigenvalue weighted by molar-refractivity contribution is -0.114. The molecule has 7 heteroatoms. The minimum atomic E-state index is 0. The Bertz CT molecular complexity index is 497. The third kappa shape index (κ3) is 5.95. The van der Waals surface area contributed by atoms with E-state index in [9.17, 15) is 0 Å². The zero-order chi connectivity index (χ0) is 19.3. The number of ether oxygens (including phenoxy) is 2. The van der Waals surface area contributed by atoms with Crippen LogP contribution in [0.4, 0.5) is 0 Å². The average molecular weight is 508 g/mol. The summed E-state index contributed by atoms with van der Waals surface area (Å²) < 4.78 is 11.6. The van der Waals surface area contributed by atoms with Gasteiger partial charge in [0.15, 0.2) is 5.96 Å². The van der Waals surface area contributed by atoms with Crippen molar-refractivity contribution >= 4 is 29.9 Å². The van der Waals surface area contributed by atoms with Gasteiger partial charge < -0.3 is 19.7 Å². The number of morpholine rings is 1. The summed E-state index contributed by atoms with van der Waals surface area (Å²) in [6.07, 6.45) is 5.06. The number of aliphatic imine (C=N–C) groups is 1. The van der Waals surface area contributed by atoms with Gasteiger partial charge >= 0.3 is 0 Å². The van der Waals surface area contributed by atoms with Gasteiger partial charge in [0.2, 0.25) is 0 Å². The lowest BCUT2D eigenvalue weighted by atomic mass is 9.64. The topological polar surface area (TPSA) is 49.3 Å². The second kappa shape index (κ2) is 11.3. The summed E-state index contributed by atoms with van der Waals surface area (Å²) in [7, 11) is 1.92. The molecule has 164 valence electrons. The molecule has 0 radical (unpaired) electrons. The summed E-state index contributed by atoms with van der Waals surface area (Å²) in [5.74, 6) is 1.81. The molecule has 6 nitrogen and oxygen atoms in total. The van der Waals surface area contributed by atoms with E-state index < -0.39 is 0 Å². The molecule has 2 aliphatic heterocycles. The highest BCUT2D eigenvalue weighted by Crippen LogP contribution is 2.43. The summed E-state index contributed by atoms with van der Waals surface area (Å²) in [5, 5.41) is 3.74. The molecule has 2 saturated heterocycles. The molecule has 28 heavy (non-hydrogen) atoms. The van der Waals surface area contributed by atoms with Crippen molar-refractivity contribution in [3.05, 3.63) is 0 Å². The number of guanidine groups is 1. The number of nitrogens with zero attached hydrogens (tertiary/aromatic N) is 3. The molecule has 1 N–H and O–H groups in total. The van der Waals surface area contributed by atoms with Crippen molar-refractivity contribution in [2.45, 2.75) is 58.6 Å². The van der Waals surface area contributed by atoms with Gasteiger partial charge in [0.1, 0.15) is 0 Å². The zero-order valence-corrected chi connectivity index (χ0v) is 20.6. The Labute approximate surface area is 188 Å². The second-order valence-electron chi connectivity index (χ2n) is 9.03. The maximum Gasteiger partial charge on any atom is 0.193 e. The van der Waals surface area contributed by atoms with Crippen LogP contribution in [0.25, 0.3) is 0 Å². The minimum Gasteiger partial charge on any atom is -0.379 e. The van der Waals surface area contributed by atoms with Crippen LogP contribution in [0.3, 0.4) is 0 Å². The summed E-state index contributed by atoms with van der Waals surface area (Å²) in [6.45, 7) is 15.1. The fourth-order valence-electron chi connectivity index (χ4n) is 4.56. The van der Waals surface area contributed by atoms with Crippen LogP contribution in [0, 0.1) is 11.3 Å². The molecule has 1 saturated carbocycles. The Morgan fingerprint density at radius 2 is 2.00 bits per heavy atom. The van der Waals surface area contributed by atoms with Crippen LogP contribution >= 0.6 is 24.0 Å². The number of halogens is 1. The molecule has 3 rings (SSSR count). The molecule has 3 fully saturated rings. The Hall–Kier alpha value is -0.120. The van der Waals surface area contributed by atoms with E-state index in [1.54, 1.807) is 0 Å². The normalized spacial score (nSPS) is 30.6. The van der Waals surface area contributed by atoms with Crippen LogP contribution in [0.1, 0.15) is 46.5 Å². The average Bonchev–Trinajstić information content (AvgIpc) is 3.12. The maximum atomic E-state index is 6.10. The number of hydrogen-bond donors (Lipinski definition) is 1. The van der Waals surface area contributed by atoms with E-state index in [2.05, 4.69) is 40.9 Å². The van der Waals surface area contributed by atoms with Crippen LogP contribution in [0.15, 0.2) is 4.99 Å². The molecule has 0 aromatic rings. The Morgan fingerprint density at radius 1 is 1.25 bits per heavy atom. The largest absolute Gasteiger partial charge is 0.379 e. The van der Waals surface area contributed by atoms with Crippen LogP contribution < -0.4 is 5.32 Å². The van der Waals surface area contributed by atoms with Gasteiger partial charge in [0.25, 0.3) is 0 Å². The van der Waals surface area contributed by atoms with E-state index in [0.29, 0.717) is 12.1 Å². The van der Waals surface area contributed by atoms with Gasteiger partial charge in [0, 0.05) is 57.8 Å². The molecule has 0 amide bonds. The Kier molecular flexibility index (Phi) is 9.76. The Morgan fingerprint density at radius 3 is 2.64 bits per heavy atom. The first-order valence-corrected chi connectivity index (χ1v) is 10.9. The lowest BCUT2D eigenvalue weighted by Crippen LogP contribution is -2.63. The van der Waals surface area contributed by atoms with E-state index in [0.717, 1.165) is 70.7 Å². The van der Waals surface area contributed by atoms with E-state index in [-0.39, 0.29) is 29.4 Å². The first-order chi connectivity index (χ1) is 13.0. The molecule has 0 spiro atoms. The van der Waals surface area contributed by atoms with Crippen molar-refractivity contribution in [2.24, 2.45) is 16.3 Å². The van der Waals surface area contributed by atoms with Crippen molar-refractivity contribution in [1.29, 1.82) is 0 Å². The highest BCUT2D eigenvalue weighted by Gasteiger charge is 2.49. The van der Waals surface area contributed by atoms with Gasteiger partial charge in [-0.15, -0.1) is 24.0 Å². The molecule has 1 aliphatic carbocycles. The van der Waals surface area contributed by atoms with Crippen LogP contribution in [0.2, 0.25) is 0 Å². The molecule has 3 atom stereocenters. The number of likely N-dealkylation sites (tertiary alicyclic amines) is 1. The molecule has 0 aromatic heterocycles. The standard InChI is InChI=1S/C21H40N4O2.HI/c1-5-6-11-27-19-14-18(21(19,2)3)23-20(22-4)25-8-7-17(16-25)15-24-9-12-26-13-10-24;/h17-19H,5-16H2,1-4H3,(H,22,23);1H. The fraction of sp³-hybridized carbons (Fsp3) is 0.952. The van der Waals surface area contributed by atoms with Gasteiger partial charge in [-0.3, -0.25) is 9.89 Å². The summed E-state index contributed by atoms with van der Waals surface area (Å²) in [6, 6.07) is 0.445. The van der Waals surface area contributed by atoms with E-state index >= 15 is 0 Å². The molecule has 2 heterocycles. The van der Waals surface area contributed by atoms with Crippen molar-refractivity contribution in [3.63, 3.8) is 0 Å². The number of nitrogens with one attached hydrogen (secondary N) is 1. The van der Waals surface area contributed by atoms with Crippen LogP contribution in [-0.2, 0) is 9.47 Å². The van der Waals surface area contributed by atoms with Crippen molar-refractivity contribution in [1.82, 2.24) is 15.1 Å². The van der Waals surface area contributed by atoms with E-state index in [1.165, 1.54) is 19.4 Å². The predicted molar refractivity (Wildman–Crippen MR) is 126 cm³/mol. The van der Waals surface area contributed by atoms with Crippen molar-refractivity contribution in [3.8, 4) is 0 Å². The first kappa shape index (κ1) is 24.2. The highest BCUT2D eigenvalue weighted by molar-refractivity contribution is 14.0. The third-order valence-corrected chi connectivity index (χ3v) is 6.72. The van der Waals surface area contributed by atoms with Crippen molar-refractivity contribution in [2.75, 3.05) is 59.6 Å². The van der Waals surface area contributed by atoms with Gasteiger partial charge in [0.05, 0.1) is 19.3 Å². The van der Waals surface area contributed by atoms with E-state index in [1.807, 2.05) is 7.05 Å². The fourth-order valence-corrected chi connectivity index (χ4v) is 4.56. The van der Waals surface area contributed by atoms with Gasteiger partial charge in [-0.2, -0.15) is 0 Å². The summed E-state index contributed by atoms with van der Waals surface area (Å²) in [5.41, 5.74) is 0.163. The quantitative estimate of drug-likeness (QED) is 0.248. The second-order valence-corrected chi connectivity index (χ2v) is 9.03. The summed E-state index contributed by atoms with van der Waals surface area (Å²) >= 11 is 0. The third-order valence-electron chi connectivity index (χ3n) is 6.72. The predicted octanol–water partition coefficient (Wildman–Crippen LogP) is 2.82. The number of rotatable bonds is 7. The highest BCUT2D eigenvalue weighted by atomic mass is 127. The molecular weight excluding hydrogens is 467 g/mol. The van der Waals surface area contributed by atoms with Gasteiger partial charge in [-0.05, 0) is 25.2 Å². The molecule has 3 unspecified atom stereocenters. The van der Waals surface area contributed by atoms with Crippen LogP contribution in [-0.4, -0.2) is 87.5 Å². The summed E-state index contributed by atoms with van der Waals surface area (Å²) in [4.78, 5) is 9.60. The van der Waals surface area contributed by atoms with Gasteiger partial charge in [-0.25, -0.2) is 0 Å². The molecule has 3 aliphatic rings. The Balaban J connectivity index is 0.00000280. The molecule has 0 aromatic carbocycles. The van der Waals surface area contributed by atoms with Crippen molar-refractivity contribution < 1.29 is 9.47 Å². The van der Waals surface area contributed by atoms with Crippen LogP contribution in [0.5, 0.6) is 0 Å². The maximum absolute atomic E-state index is 6.10. The smallest absolute Gasteiger partial charge is 0.193 e. The first-order valence-electron chi connectivity index (χ1n) is 10.9. The number of unbranched alkanes of at least 4 members (excludes halogenated alkanes) is 1. The monoisotopic (exact) mass is 508 g/mol. The number of hydrogen-bond acceptors (Lipinski definition) is 4. The molecule has 0 bridgehead atoms. The van der Waals surface area contributed by atoms with E-state index in [4.69, 9.17) is 9.47 Å². The lowest BCUT2D eigenvalue weighted by Gasteiger charge is -2.52.